The molecule has 0 radical (unpaired) electrons. The first-order valence-corrected chi connectivity index (χ1v) is 19.2. The molecule has 0 bridgehead atoms. The molecule has 1 fully saturated rings. The molecule has 1 aromatic carbocycles. The molecule has 9 nitrogen and oxygen atoms in total. The maximum absolute atomic E-state index is 13.8. The van der Waals surface area contributed by atoms with E-state index in [9.17, 15) is 17.7 Å². The number of anilines is 3. The summed E-state index contributed by atoms with van der Waals surface area (Å²) in [5.74, 6) is 1.15. The van der Waals surface area contributed by atoms with Gasteiger partial charge in [0.05, 0.1) is 20.0 Å². The van der Waals surface area contributed by atoms with Gasteiger partial charge >= 0.3 is 0 Å². The Labute approximate surface area is 217 Å². The summed E-state index contributed by atoms with van der Waals surface area (Å²) in [5.41, 5.74) is -0.531. The van der Waals surface area contributed by atoms with Crippen LogP contribution >= 0.6 is 15.9 Å². The zero-order valence-corrected chi connectivity index (χ0v) is 24.9. The van der Waals surface area contributed by atoms with Crippen molar-refractivity contribution in [3.05, 3.63) is 34.9 Å². The molecule has 1 aliphatic carbocycles. The number of sulfonamides is 1. The predicted molar refractivity (Wildman–Crippen MR) is 148 cm³/mol. The van der Waals surface area contributed by atoms with Gasteiger partial charge in [-0.1, -0.05) is 19.6 Å². The van der Waals surface area contributed by atoms with Gasteiger partial charge in [0.25, 0.3) is 10.0 Å². The fourth-order valence-electron chi connectivity index (χ4n) is 3.11. The molecule has 3 rings (SSSR count). The lowest BCUT2D eigenvalue weighted by Crippen LogP contribution is -2.30. The number of nitrogens with one attached hydrogen (secondary N) is 2. The molecular formula is C22H34BrN5O4S2Si. The zero-order chi connectivity index (χ0) is 26.1. The second-order valence-corrected chi connectivity index (χ2v) is 21.4. The second kappa shape index (κ2) is 10.4. The Bertz CT molecular complexity index is 1280. The van der Waals surface area contributed by atoms with Gasteiger partial charge in [0.2, 0.25) is 5.95 Å². The number of hydrogen-bond donors (Lipinski definition) is 3. The van der Waals surface area contributed by atoms with Crippen molar-refractivity contribution in [2.75, 3.05) is 22.1 Å². The molecule has 13 heteroatoms. The van der Waals surface area contributed by atoms with E-state index in [-0.39, 0.29) is 17.4 Å². The van der Waals surface area contributed by atoms with E-state index >= 15 is 0 Å². The highest BCUT2D eigenvalue weighted by molar-refractivity contribution is 9.10. The number of nitrogens with zero attached hydrogens (tertiary/aromatic N) is 3. The van der Waals surface area contributed by atoms with Crippen molar-refractivity contribution in [1.82, 2.24) is 9.97 Å². The lowest BCUT2D eigenvalue weighted by Gasteiger charge is -2.21. The van der Waals surface area contributed by atoms with Crippen LogP contribution in [-0.2, 0) is 19.8 Å². The molecule has 0 amide bonds. The number of hydrogen-bond acceptors (Lipinski definition) is 8. The van der Waals surface area contributed by atoms with Crippen molar-refractivity contribution in [2.24, 2.45) is 9.69 Å². The summed E-state index contributed by atoms with van der Waals surface area (Å²) in [7, 11) is -8.49. The summed E-state index contributed by atoms with van der Waals surface area (Å²) in [6.07, 6.45) is 3.45. The van der Waals surface area contributed by atoms with Gasteiger partial charge in [-0.2, -0.15) is 4.98 Å². The van der Waals surface area contributed by atoms with Crippen LogP contribution in [0.25, 0.3) is 0 Å². The fraction of sp³-hybridized carbons (Fsp3) is 0.545. The van der Waals surface area contributed by atoms with E-state index in [2.05, 4.69) is 59.9 Å². The molecule has 2 aromatic rings. The molecule has 1 saturated carbocycles. The maximum Gasteiger partial charge on any atom is 0.260 e. The van der Waals surface area contributed by atoms with E-state index < -0.39 is 33.6 Å². The molecular weight excluding hydrogens is 570 g/mol. The maximum atomic E-state index is 13.8. The van der Waals surface area contributed by atoms with Crippen molar-refractivity contribution in [1.29, 1.82) is 0 Å². The molecule has 1 aliphatic rings. The summed E-state index contributed by atoms with van der Waals surface area (Å²) in [5, 5.41) is 16.0. The third-order valence-electron chi connectivity index (χ3n) is 5.15. The van der Waals surface area contributed by atoms with Gasteiger partial charge in [-0.05, 0) is 78.8 Å². The zero-order valence-electron chi connectivity index (χ0n) is 20.7. The van der Waals surface area contributed by atoms with E-state index in [4.69, 9.17) is 0 Å². The van der Waals surface area contributed by atoms with Crippen molar-refractivity contribution in [3.63, 3.8) is 0 Å². The Kier molecular flexibility index (Phi) is 8.36. The van der Waals surface area contributed by atoms with Crippen LogP contribution in [0.5, 0.6) is 0 Å². The van der Waals surface area contributed by atoms with E-state index in [0.29, 0.717) is 32.9 Å². The number of halogens is 1. The second-order valence-electron chi connectivity index (χ2n) is 10.6. The number of rotatable bonds is 11. The third-order valence-corrected chi connectivity index (χ3v) is 12.4. The Morgan fingerprint density at radius 1 is 1.17 bits per heavy atom. The highest BCUT2D eigenvalue weighted by atomic mass is 79.9. The van der Waals surface area contributed by atoms with Crippen LogP contribution in [0, 0.1) is 5.92 Å². The van der Waals surface area contributed by atoms with Crippen LogP contribution < -0.4 is 10.6 Å². The molecule has 35 heavy (non-hydrogen) atoms. The van der Waals surface area contributed by atoms with Crippen LogP contribution in [0.3, 0.4) is 0 Å². The normalized spacial score (nSPS) is 16.4. The molecule has 1 atom stereocenters. The Morgan fingerprint density at radius 3 is 2.34 bits per heavy atom. The summed E-state index contributed by atoms with van der Waals surface area (Å²) >= 11 is 3.35. The van der Waals surface area contributed by atoms with Crippen molar-refractivity contribution in [2.45, 2.75) is 63.0 Å². The van der Waals surface area contributed by atoms with Gasteiger partial charge in [0.1, 0.15) is 11.5 Å². The third kappa shape index (κ3) is 9.12. The minimum absolute atomic E-state index is 0.0636. The summed E-state index contributed by atoms with van der Waals surface area (Å²) in [6, 6.07) is 7.30. The smallest absolute Gasteiger partial charge is 0.260 e. The number of benzene rings is 1. The standard InChI is InChI=1S/C22H34BrN5O4S2Si/c1-22(2,29)27-20-19(23)14-24-21(26-20)25-17-8-10-18(11-9-17)33(30,15-16-6-7-16)28-34(31,32)12-13-35(3,4)5/h8-11,14,16,29H,6-7,12-13,15H2,1-5H3,(H2,24,25,26,27). The first-order chi connectivity index (χ1) is 16.0. The van der Waals surface area contributed by atoms with E-state index in [1.807, 2.05) is 0 Å². The lowest BCUT2D eigenvalue weighted by molar-refractivity contribution is 0.111. The Balaban J connectivity index is 1.84. The first kappa shape index (κ1) is 28.0. The predicted octanol–water partition coefficient (Wildman–Crippen LogP) is 5.03. The average Bonchev–Trinajstić information content (AvgIpc) is 3.51. The van der Waals surface area contributed by atoms with Gasteiger partial charge < -0.3 is 15.7 Å². The van der Waals surface area contributed by atoms with Gasteiger partial charge in [-0.25, -0.2) is 17.6 Å². The average molecular weight is 605 g/mol. The van der Waals surface area contributed by atoms with Crippen molar-refractivity contribution < 1.29 is 17.7 Å². The van der Waals surface area contributed by atoms with E-state index in [1.54, 1.807) is 44.3 Å². The van der Waals surface area contributed by atoms with Crippen molar-refractivity contribution in [3.8, 4) is 0 Å². The topological polar surface area (TPSA) is 134 Å². The summed E-state index contributed by atoms with van der Waals surface area (Å²) in [6.45, 7) is 9.52. The molecule has 0 saturated heterocycles. The molecule has 1 aromatic heterocycles. The molecule has 1 heterocycles. The highest BCUT2D eigenvalue weighted by Crippen LogP contribution is 2.34. The summed E-state index contributed by atoms with van der Waals surface area (Å²) in [4.78, 5) is 9.01. The van der Waals surface area contributed by atoms with E-state index in [0.717, 1.165) is 12.8 Å². The quantitative estimate of drug-likeness (QED) is 0.240. The van der Waals surface area contributed by atoms with Crippen molar-refractivity contribution >= 4 is 61.2 Å². The number of aliphatic hydroxyl groups is 1. The Morgan fingerprint density at radius 2 is 1.80 bits per heavy atom. The number of aromatic nitrogens is 2. The Hall–Kier alpha value is -1.54. The molecule has 0 spiro atoms. The van der Waals surface area contributed by atoms with E-state index in [1.165, 1.54) is 0 Å². The largest absolute Gasteiger partial charge is 0.372 e. The highest BCUT2D eigenvalue weighted by Gasteiger charge is 2.30. The van der Waals surface area contributed by atoms with Crippen LogP contribution in [0.4, 0.5) is 17.5 Å². The van der Waals surface area contributed by atoms with Gasteiger partial charge in [0, 0.05) is 30.6 Å². The van der Waals surface area contributed by atoms with Crippen LogP contribution in [0.1, 0.15) is 26.7 Å². The summed E-state index contributed by atoms with van der Waals surface area (Å²) < 4.78 is 44.0. The molecule has 0 aliphatic heterocycles. The van der Waals surface area contributed by atoms with Crippen LogP contribution in [-0.4, -0.2) is 53.0 Å². The minimum Gasteiger partial charge on any atom is -0.372 e. The molecule has 1 unspecified atom stereocenters. The molecule has 194 valence electrons. The SMILES string of the molecule is CC(C)(O)Nc1nc(Nc2ccc(S(=O)(CC3CC3)=NS(=O)(=O)CC[Si](C)(C)C)cc2)ncc1Br. The van der Waals surface area contributed by atoms with Gasteiger partial charge in [-0.15, -0.1) is 3.77 Å². The van der Waals surface area contributed by atoms with Crippen LogP contribution in [0.2, 0.25) is 25.7 Å². The first-order valence-electron chi connectivity index (χ1n) is 11.4. The molecule has 3 N–H and O–H groups in total. The lowest BCUT2D eigenvalue weighted by atomic mass is 10.3. The van der Waals surface area contributed by atoms with Crippen LogP contribution in [0.15, 0.2) is 43.6 Å². The fourth-order valence-corrected chi connectivity index (χ4v) is 11.0. The van der Waals surface area contributed by atoms with Gasteiger partial charge in [0.15, 0.2) is 0 Å². The minimum atomic E-state index is -3.80. The van der Waals surface area contributed by atoms with Gasteiger partial charge in [-0.3, -0.25) is 0 Å². The monoisotopic (exact) mass is 603 g/mol.